The Hall–Kier alpha value is -2.40. The smallest absolute Gasteiger partial charge is 0.203 e. The second-order valence-electron chi connectivity index (χ2n) is 5.63. The van der Waals surface area contributed by atoms with Crippen molar-refractivity contribution in [2.45, 2.75) is 26.4 Å². The van der Waals surface area contributed by atoms with Crippen LogP contribution in [0.4, 0.5) is 0 Å². The molecule has 0 aliphatic rings. The molecule has 0 spiro atoms. The van der Waals surface area contributed by atoms with Gasteiger partial charge in [-0.3, -0.25) is 0 Å². The van der Waals surface area contributed by atoms with Crippen molar-refractivity contribution < 1.29 is 18.9 Å². The molecule has 1 N–H and O–H groups in total. The highest BCUT2D eigenvalue weighted by molar-refractivity contribution is 5.53. The first-order chi connectivity index (χ1) is 12.2. The molecular formula is C20H27NO4. The average molecular weight is 345 g/mol. The van der Waals surface area contributed by atoms with Crippen molar-refractivity contribution in [3.63, 3.8) is 0 Å². The van der Waals surface area contributed by atoms with E-state index in [0.29, 0.717) is 23.8 Å². The van der Waals surface area contributed by atoms with E-state index in [1.165, 1.54) is 5.56 Å². The van der Waals surface area contributed by atoms with Crippen LogP contribution < -0.4 is 24.3 Å². The van der Waals surface area contributed by atoms with E-state index >= 15 is 0 Å². The maximum Gasteiger partial charge on any atom is 0.203 e. The molecule has 0 aliphatic carbocycles. The zero-order chi connectivity index (χ0) is 18.1. The summed E-state index contributed by atoms with van der Waals surface area (Å²) in [6.07, 6.45) is 1.01. The van der Waals surface area contributed by atoms with E-state index in [9.17, 15) is 0 Å². The Kier molecular flexibility index (Phi) is 7.41. The molecule has 5 nitrogen and oxygen atoms in total. The van der Waals surface area contributed by atoms with Gasteiger partial charge in [0.1, 0.15) is 5.75 Å². The van der Waals surface area contributed by atoms with E-state index in [1.807, 2.05) is 24.3 Å². The fraction of sp³-hybridized carbons (Fsp3) is 0.400. The number of benzene rings is 2. The van der Waals surface area contributed by atoms with E-state index in [-0.39, 0.29) is 0 Å². The van der Waals surface area contributed by atoms with Gasteiger partial charge in [-0.05, 0) is 41.8 Å². The monoisotopic (exact) mass is 345 g/mol. The van der Waals surface area contributed by atoms with Gasteiger partial charge >= 0.3 is 0 Å². The minimum Gasteiger partial charge on any atom is -0.494 e. The Balaban J connectivity index is 1.95. The first-order valence-electron chi connectivity index (χ1n) is 8.43. The van der Waals surface area contributed by atoms with Gasteiger partial charge in [-0.2, -0.15) is 0 Å². The van der Waals surface area contributed by atoms with Crippen LogP contribution in [0.1, 0.15) is 24.5 Å². The number of nitrogens with one attached hydrogen (secondary N) is 1. The highest BCUT2D eigenvalue weighted by Crippen LogP contribution is 2.38. The third-order valence-electron chi connectivity index (χ3n) is 3.78. The molecule has 0 amide bonds. The van der Waals surface area contributed by atoms with Gasteiger partial charge in [-0.1, -0.05) is 19.1 Å². The minimum atomic E-state index is 0.608. The molecule has 0 aliphatic heterocycles. The summed E-state index contributed by atoms with van der Waals surface area (Å²) in [6.45, 7) is 4.32. The van der Waals surface area contributed by atoms with Crippen LogP contribution >= 0.6 is 0 Å². The van der Waals surface area contributed by atoms with Crippen molar-refractivity contribution in [3.8, 4) is 23.0 Å². The summed E-state index contributed by atoms with van der Waals surface area (Å²) in [7, 11) is 4.85. The highest BCUT2D eigenvalue weighted by Gasteiger charge is 2.12. The second-order valence-corrected chi connectivity index (χ2v) is 5.63. The lowest BCUT2D eigenvalue weighted by molar-refractivity contribution is 0.317. The van der Waals surface area contributed by atoms with Gasteiger partial charge in [0.15, 0.2) is 11.5 Å². The van der Waals surface area contributed by atoms with Crippen LogP contribution in [0.25, 0.3) is 0 Å². The summed E-state index contributed by atoms with van der Waals surface area (Å²) in [5.74, 6) is 2.85. The Morgan fingerprint density at radius 3 is 1.92 bits per heavy atom. The van der Waals surface area contributed by atoms with Crippen LogP contribution in [-0.2, 0) is 13.1 Å². The maximum absolute atomic E-state index is 5.60. The lowest BCUT2D eigenvalue weighted by Crippen LogP contribution is -2.13. The minimum absolute atomic E-state index is 0.608. The first-order valence-corrected chi connectivity index (χ1v) is 8.43. The molecule has 0 fully saturated rings. The molecule has 0 radical (unpaired) electrons. The number of hydrogen-bond donors (Lipinski definition) is 1. The quantitative estimate of drug-likeness (QED) is 0.710. The molecule has 5 heteroatoms. The predicted octanol–water partition coefficient (Wildman–Crippen LogP) is 3.79. The van der Waals surface area contributed by atoms with Gasteiger partial charge in [0.05, 0.1) is 27.9 Å². The Morgan fingerprint density at radius 2 is 1.40 bits per heavy atom. The molecule has 2 rings (SSSR count). The molecule has 2 aromatic carbocycles. The fourth-order valence-electron chi connectivity index (χ4n) is 2.51. The first kappa shape index (κ1) is 18.9. The zero-order valence-electron chi connectivity index (χ0n) is 15.4. The number of rotatable bonds is 10. The van der Waals surface area contributed by atoms with Crippen molar-refractivity contribution in [3.05, 3.63) is 47.5 Å². The normalized spacial score (nSPS) is 10.4. The molecule has 0 heterocycles. The lowest BCUT2D eigenvalue weighted by atomic mass is 10.1. The van der Waals surface area contributed by atoms with Crippen molar-refractivity contribution in [2.24, 2.45) is 0 Å². The van der Waals surface area contributed by atoms with Crippen molar-refractivity contribution in [1.29, 1.82) is 0 Å². The third kappa shape index (κ3) is 5.29. The van der Waals surface area contributed by atoms with Crippen LogP contribution in [0.2, 0.25) is 0 Å². The van der Waals surface area contributed by atoms with Gasteiger partial charge in [0.25, 0.3) is 0 Å². The highest BCUT2D eigenvalue weighted by atomic mass is 16.5. The number of hydrogen-bond acceptors (Lipinski definition) is 5. The third-order valence-corrected chi connectivity index (χ3v) is 3.78. The summed E-state index contributed by atoms with van der Waals surface area (Å²) in [4.78, 5) is 0. The van der Waals surface area contributed by atoms with Crippen LogP contribution in [0.5, 0.6) is 23.0 Å². The maximum atomic E-state index is 5.60. The molecular weight excluding hydrogens is 318 g/mol. The van der Waals surface area contributed by atoms with Gasteiger partial charge in [0.2, 0.25) is 5.75 Å². The molecule has 2 aromatic rings. The zero-order valence-corrected chi connectivity index (χ0v) is 15.4. The number of methoxy groups -OCH3 is 3. The lowest BCUT2D eigenvalue weighted by Gasteiger charge is -2.14. The van der Waals surface area contributed by atoms with E-state index in [2.05, 4.69) is 24.4 Å². The van der Waals surface area contributed by atoms with Crippen molar-refractivity contribution in [1.82, 2.24) is 5.32 Å². The van der Waals surface area contributed by atoms with Crippen molar-refractivity contribution >= 4 is 0 Å². The predicted molar refractivity (Wildman–Crippen MR) is 98.9 cm³/mol. The Morgan fingerprint density at radius 1 is 0.800 bits per heavy atom. The van der Waals surface area contributed by atoms with Gasteiger partial charge in [-0.25, -0.2) is 0 Å². The largest absolute Gasteiger partial charge is 0.494 e. The summed E-state index contributed by atoms with van der Waals surface area (Å²) in [6, 6.07) is 12.1. The molecule has 0 aromatic heterocycles. The molecule has 0 saturated carbocycles. The van der Waals surface area contributed by atoms with E-state index in [0.717, 1.165) is 30.9 Å². The SMILES string of the molecule is CCCOc1ccc(CNCc2cc(OC)c(OC)c(OC)c2)cc1. The van der Waals surface area contributed by atoms with Gasteiger partial charge in [-0.15, -0.1) is 0 Å². The summed E-state index contributed by atoms with van der Waals surface area (Å²) < 4.78 is 21.7. The van der Waals surface area contributed by atoms with Gasteiger partial charge in [0, 0.05) is 13.1 Å². The molecule has 0 bridgehead atoms. The topological polar surface area (TPSA) is 49.0 Å². The van der Waals surface area contributed by atoms with Crippen LogP contribution in [-0.4, -0.2) is 27.9 Å². The fourth-order valence-corrected chi connectivity index (χ4v) is 2.51. The van der Waals surface area contributed by atoms with Crippen LogP contribution in [0.3, 0.4) is 0 Å². The van der Waals surface area contributed by atoms with E-state index < -0.39 is 0 Å². The van der Waals surface area contributed by atoms with Crippen molar-refractivity contribution in [2.75, 3.05) is 27.9 Å². The summed E-state index contributed by atoms with van der Waals surface area (Å²) in [5, 5.41) is 3.43. The van der Waals surface area contributed by atoms with E-state index in [4.69, 9.17) is 18.9 Å². The molecule has 136 valence electrons. The average Bonchev–Trinajstić information content (AvgIpc) is 2.66. The Labute approximate surface area is 149 Å². The van der Waals surface area contributed by atoms with Crippen LogP contribution in [0.15, 0.2) is 36.4 Å². The molecule has 0 unspecified atom stereocenters. The second kappa shape index (κ2) is 9.79. The Bertz CT molecular complexity index is 630. The van der Waals surface area contributed by atoms with Gasteiger partial charge < -0.3 is 24.3 Å². The standard InChI is InChI=1S/C20H27NO4/c1-5-10-25-17-8-6-15(7-9-17)13-21-14-16-11-18(22-2)20(24-4)19(12-16)23-3/h6-9,11-12,21H,5,10,13-14H2,1-4H3. The van der Waals surface area contributed by atoms with Crippen LogP contribution in [0, 0.1) is 0 Å². The number of ether oxygens (including phenoxy) is 4. The molecule has 25 heavy (non-hydrogen) atoms. The van der Waals surface area contributed by atoms with E-state index in [1.54, 1.807) is 21.3 Å². The summed E-state index contributed by atoms with van der Waals surface area (Å²) in [5.41, 5.74) is 2.27. The molecule has 0 atom stereocenters. The molecule has 0 saturated heterocycles. The summed E-state index contributed by atoms with van der Waals surface area (Å²) >= 11 is 0.